The lowest BCUT2D eigenvalue weighted by molar-refractivity contribution is -0.149. The summed E-state index contributed by atoms with van der Waals surface area (Å²) in [7, 11) is 0. The average molecular weight is 170 g/mol. The van der Waals surface area contributed by atoms with E-state index in [0.717, 1.165) is 0 Å². The molecule has 3 heteroatoms. The van der Waals surface area contributed by atoms with Crippen LogP contribution in [0.3, 0.4) is 0 Å². The van der Waals surface area contributed by atoms with Crippen LogP contribution >= 0.6 is 0 Å². The fraction of sp³-hybridized carbons (Fsp3) is 0.778. The van der Waals surface area contributed by atoms with Gasteiger partial charge in [-0.3, -0.25) is 0 Å². The van der Waals surface area contributed by atoms with Crippen molar-refractivity contribution in [2.75, 3.05) is 13.2 Å². The minimum atomic E-state index is -0.440. The van der Waals surface area contributed by atoms with E-state index in [4.69, 9.17) is 14.2 Å². The third-order valence-electron chi connectivity index (χ3n) is 2.11. The molecule has 2 aliphatic heterocycles. The van der Waals surface area contributed by atoms with Crippen LogP contribution in [0.5, 0.6) is 0 Å². The highest BCUT2D eigenvalue weighted by atomic mass is 16.7. The van der Waals surface area contributed by atoms with E-state index in [1.807, 2.05) is 26.0 Å². The Labute approximate surface area is 72.3 Å². The molecule has 2 aliphatic rings. The van der Waals surface area contributed by atoms with Crippen molar-refractivity contribution in [1.29, 1.82) is 0 Å². The zero-order valence-electron chi connectivity index (χ0n) is 7.45. The molecule has 1 saturated heterocycles. The van der Waals surface area contributed by atoms with Crippen molar-refractivity contribution >= 4 is 0 Å². The van der Waals surface area contributed by atoms with Crippen LogP contribution in [0.15, 0.2) is 12.2 Å². The van der Waals surface area contributed by atoms with Gasteiger partial charge in [-0.05, 0) is 13.8 Å². The second-order valence-corrected chi connectivity index (χ2v) is 3.59. The van der Waals surface area contributed by atoms with Crippen LogP contribution < -0.4 is 0 Å². The molecule has 12 heavy (non-hydrogen) atoms. The molecule has 0 aromatic heterocycles. The van der Waals surface area contributed by atoms with Crippen LogP contribution in [0.25, 0.3) is 0 Å². The predicted octanol–water partition coefficient (Wildman–Crippen LogP) is 1.09. The minimum Gasteiger partial charge on any atom is -0.367 e. The van der Waals surface area contributed by atoms with Gasteiger partial charge in [0.25, 0.3) is 0 Å². The first-order chi connectivity index (χ1) is 5.67. The van der Waals surface area contributed by atoms with Crippen molar-refractivity contribution in [3.8, 4) is 0 Å². The Morgan fingerprint density at radius 1 is 1.42 bits per heavy atom. The van der Waals surface area contributed by atoms with Gasteiger partial charge in [0.05, 0.1) is 13.2 Å². The normalized spacial score (nSPS) is 39.2. The van der Waals surface area contributed by atoms with Crippen molar-refractivity contribution in [3.63, 3.8) is 0 Å². The van der Waals surface area contributed by atoms with Gasteiger partial charge in [0.2, 0.25) is 0 Å². The van der Waals surface area contributed by atoms with Gasteiger partial charge < -0.3 is 14.2 Å². The molecule has 2 rings (SSSR count). The largest absolute Gasteiger partial charge is 0.367 e. The van der Waals surface area contributed by atoms with E-state index in [-0.39, 0.29) is 12.2 Å². The monoisotopic (exact) mass is 170 g/mol. The Hall–Kier alpha value is -0.380. The molecular formula is C9H14O3. The maximum Gasteiger partial charge on any atom is 0.163 e. The maximum absolute atomic E-state index is 5.63. The summed E-state index contributed by atoms with van der Waals surface area (Å²) in [6, 6.07) is 0. The zero-order valence-corrected chi connectivity index (χ0v) is 7.45. The van der Waals surface area contributed by atoms with Crippen LogP contribution in [0.2, 0.25) is 0 Å². The highest BCUT2D eigenvalue weighted by Gasteiger charge is 2.37. The van der Waals surface area contributed by atoms with Crippen molar-refractivity contribution in [2.45, 2.75) is 31.8 Å². The van der Waals surface area contributed by atoms with Crippen molar-refractivity contribution in [1.82, 2.24) is 0 Å². The second-order valence-electron chi connectivity index (χ2n) is 3.59. The lowest BCUT2D eigenvalue weighted by atomic mass is 10.2. The summed E-state index contributed by atoms with van der Waals surface area (Å²) in [6.07, 6.45) is 4.21. The Morgan fingerprint density at radius 3 is 2.75 bits per heavy atom. The number of rotatable bonds is 1. The van der Waals surface area contributed by atoms with Crippen molar-refractivity contribution in [2.24, 2.45) is 0 Å². The summed E-state index contributed by atoms with van der Waals surface area (Å²) in [5, 5.41) is 0. The topological polar surface area (TPSA) is 27.7 Å². The van der Waals surface area contributed by atoms with Crippen LogP contribution in [0.1, 0.15) is 13.8 Å². The van der Waals surface area contributed by atoms with E-state index in [0.29, 0.717) is 13.2 Å². The summed E-state index contributed by atoms with van der Waals surface area (Å²) >= 11 is 0. The first-order valence-electron chi connectivity index (χ1n) is 4.27. The summed E-state index contributed by atoms with van der Waals surface area (Å²) in [5.74, 6) is -0.440. The van der Waals surface area contributed by atoms with Crippen molar-refractivity contribution < 1.29 is 14.2 Å². The Morgan fingerprint density at radius 2 is 2.25 bits per heavy atom. The zero-order chi connectivity index (χ0) is 8.60. The van der Waals surface area contributed by atoms with Gasteiger partial charge in [0.1, 0.15) is 12.2 Å². The average Bonchev–Trinajstić information content (AvgIpc) is 2.55. The third-order valence-corrected chi connectivity index (χ3v) is 2.11. The van der Waals surface area contributed by atoms with Gasteiger partial charge in [-0.1, -0.05) is 12.2 Å². The van der Waals surface area contributed by atoms with E-state index in [2.05, 4.69) is 0 Å². The highest BCUT2D eigenvalue weighted by molar-refractivity contribution is 5.00. The van der Waals surface area contributed by atoms with E-state index in [1.165, 1.54) is 0 Å². The highest BCUT2D eigenvalue weighted by Crippen LogP contribution is 2.26. The third kappa shape index (κ3) is 1.53. The molecule has 0 aliphatic carbocycles. The van der Waals surface area contributed by atoms with Crippen LogP contribution in [0.4, 0.5) is 0 Å². The molecule has 0 amide bonds. The standard InChI is InChI=1S/C9H14O3/c1-9(2)11-6-8(12-9)7-4-3-5-10-7/h3-4,7-8H,5-6H2,1-2H3/t7-,8+/m0/s1. The summed E-state index contributed by atoms with van der Waals surface area (Å²) in [5.41, 5.74) is 0. The molecule has 1 fully saturated rings. The van der Waals surface area contributed by atoms with Crippen LogP contribution in [-0.2, 0) is 14.2 Å². The molecule has 68 valence electrons. The molecule has 0 aromatic rings. The first kappa shape index (κ1) is 8.23. The fourth-order valence-corrected chi connectivity index (χ4v) is 1.52. The smallest absolute Gasteiger partial charge is 0.163 e. The lowest BCUT2D eigenvalue weighted by Crippen LogP contribution is -2.29. The number of hydrogen-bond donors (Lipinski definition) is 0. The molecule has 0 aromatic carbocycles. The molecule has 0 N–H and O–H groups in total. The van der Waals surface area contributed by atoms with E-state index in [9.17, 15) is 0 Å². The molecule has 0 spiro atoms. The summed E-state index contributed by atoms with van der Waals surface area (Å²) < 4.78 is 16.5. The molecule has 0 radical (unpaired) electrons. The molecule has 3 nitrogen and oxygen atoms in total. The summed E-state index contributed by atoms with van der Waals surface area (Å²) in [4.78, 5) is 0. The van der Waals surface area contributed by atoms with Crippen molar-refractivity contribution in [3.05, 3.63) is 12.2 Å². The molecule has 2 atom stereocenters. The van der Waals surface area contributed by atoms with Crippen LogP contribution in [0, 0.1) is 0 Å². The Kier molecular flexibility index (Phi) is 1.94. The van der Waals surface area contributed by atoms with E-state index >= 15 is 0 Å². The van der Waals surface area contributed by atoms with E-state index < -0.39 is 5.79 Å². The quantitative estimate of drug-likeness (QED) is 0.551. The molecular weight excluding hydrogens is 156 g/mol. The SMILES string of the molecule is CC1(C)OC[C@H]([C@@H]2C=CCO2)O1. The molecule has 0 saturated carbocycles. The van der Waals surface area contributed by atoms with Gasteiger partial charge in [-0.15, -0.1) is 0 Å². The predicted molar refractivity (Wildman–Crippen MR) is 43.8 cm³/mol. The lowest BCUT2D eigenvalue weighted by Gasteiger charge is -2.19. The molecule has 2 heterocycles. The van der Waals surface area contributed by atoms with E-state index in [1.54, 1.807) is 0 Å². The first-order valence-corrected chi connectivity index (χ1v) is 4.27. The minimum absolute atomic E-state index is 0.0683. The van der Waals surface area contributed by atoms with Gasteiger partial charge in [0.15, 0.2) is 5.79 Å². The van der Waals surface area contributed by atoms with Crippen LogP contribution in [-0.4, -0.2) is 31.2 Å². The summed E-state index contributed by atoms with van der Waals surface area (Å²) in [6.45, 7) is 5.17. The fourth-order valence-electron chi connectivity index (χ4n) is 1.52. The number of hydrogen-bond acceptors (Lipinski definition) is 3. The maximum atomic E-state index is 5.63. The van der Waals surface area contributed by atoms with Gasteiger partial charge in [-0.25, -0.2) is 0 Å². The van der Waals surface area contributed by atoms with Gasteiger partial charge in [0, 0.05) is 0 Å². The molecule has 0 unspecified atom stereocenters. The second kappa shape index (κ2) is 2.83. The van der Waals surface area contributed by atoms with Gasteiger partial charge in [-0.2, -0.15) is 0 Å². The Bertz CT molecular complexity index is 198. The Balaban J connectivity index is 1.95. The van der Waals surface area contributed by atoms with Gasteiger partial charge >= 0.3 is 0 Å². The number of ether oxygens (including phenoxy) is 3. The molecule has 0 bridgehead atoms.